The van der Waals surface area contributed by atoms with Gasteiger partial charge in [0.25, 0.3) is 0 Å². The van der Waals surface area contributed by atoms with Crippen LogP contribution in [0.15, 0.2) is 53.4 Å². The quantitative estimate of drug-likeness (QED) is 0.527. The molecule has 1 unspecified atom stereocenters. The summed E-state index contributed by atoms with van der Waals surface area (Å²) >= 11 is 0. The van der Waals surface area contributed by atoms with Gasteiger partial charge in [-0.15, -0.1) is 0 Å². The lowest BCUT2D eigenvalue weighted by atomic mass is 9.99. The lowest BCUT2D eigenvalue weighted by Crippen LogP contribution is -2.45. The number of nitrogens with zero attached hydrogens (tertiary/aromatic N) is 1. The second-order valence-electron chi connectivity index (χ2n) is 8.05. The predicted octanol–water partition coefficient (Wildman–Crippen LogP) is 1.93. The van der Waals surface area contributed by atoms with Gasteiger partial charge < -0.3 is 20.1 Å². The Bertz CT molecular complexity index is 1090. The average molecular weight is 490 g/mol. The molecule has 2 amide bonds. The third-order valence-corrected chi connectivity index (χ3v) is 7.61. The Morgan fingerprint density at radius 2 is 1.76 bits per heavy atom. The summed E-state index contributed by atoms with van der Waals surface area (Å²) in [7, 11) is -0.602. The maximum atomic E-state index is 13.0. The highest BCUT2D eigenvalue weighted by atomic mass is 32.2. The van der Waals surface area contributed by atoms with E-state index in [2.05, 4.69) is 10.6 Å². The zero-order valence-corrected chi connectivity index (χ0v) is 20.3. The minimum absolute atomic E-state index is 0.113. The van der Waals surface area contributed by atoms with E-state index in [0.29, 0.717) is 31.7 Å². The van der Waals surface area contributed by atoms with E-state index in [0.717, 1.165) is 11.3 Å². The van der Waals surface area contributed by atoms with Gasteiger partial charge in [0.05, 0.1) is 25.0 Å². The fourth-order valence-corrected chi connectivity index (χ4v) is 5.31. The fraction of sp³-hybridized carbons (Fsp3) is 0.417. The number of methoxy groups -OCH3 is 2. The molecule has 2 aromatic carbocycles. The average Bonchev–Trinajstić information content (AvgIpc) is 2.87. The van der Waals surface area contributed by atoms with Gasteiger partial charge in [-0.2, -0.15) is 4.31 Å². The van der Waals surface area contributed by atoms with E-state index in [-0.39, 0.29) is 36.2 Å². The summed E-state index contributed by atoms with van der Waals surface area (Å²) in [4.78, 5) is 24.9. The maximum Gasteiger partial charge on any atom is 0.243 e. The third-order valence-electron chi connectivity index (χ3n) is 5.73. The molecule has 1 aliphatic heterocycles. The van der Waals surface area contributed by atoms with Crippen LogP contribution in [-0.2, 0) is 26.2 Å². The van der Waals surface area contributed by atoms with Crippen LogP contribution >= 0.6 is 0 Å². The molecule has 0 aromatic heterocycles. The van der Waals surface area contributed by atoms with Crippen molar-refractivity contribution in [3.05, 3.63) is 54.1 Å². The van der Waals surface area contributed by atoms with Gasteiger partial charge in [0, 0.05) is 32.6 Å². The number of nitrogens with one attached hydrogen (secondary N) is 2. The SMILES string of the molecule is COc1ccc(S(=O)(=O)N2CCCC(C(=O)NCCC(=O)NCc3cccc(OC)c3)C2)cc1. The number of hydrogen-bond acceptors (Lipinski definition) is 6. The second-order valence-corrected chi connectivity index (χ2v) is 9.98. The molecule has 0 spiro atoms. The van der Waals surface area contributed by atoms with Crippen LogP contribution in [0.4, 0.5) is 0 Å². The van der Waals surface area contributed by atoms with Crippen LogP contribution < -0.4 is 20.1 Å². The van der Waals surface area contributed by atoms with Crippen LogP contribution in [0.5, 0.6) is 11.5 Å². The van der Waals surface area contributed by atoms with Crippen LogP contribution in [0.1, 0.15) is 24.8 Å². The number of hydrogen-bond donors (Lipinski definition) is 2. The minimum atomic E-state index is -3.70. The van der Waals surface area contributed by atoms with Crippen molar-refractivity contribution in [2.24, 2.45) is 5.92 Å². The molecule has 9 nitrogen and oxygen atoms in total. The molecule has 10 heteroatoms. The van der Waals surface area contributed by atoms with Gasteiger partial charge in [-0.3, -0.25) is 9.59 Å². The summed E-state index contributed by atoms with van der Waals surface area (Å²) in [6, 6.07) is 13.6. The first-order valence-corrected chi connectivity index (χ1v) is 12.6. The molecule has 0 bridgehead atoms. The standard InChI is InChI=1S/C24H31N3O6S/c1-32-20-8-10-22(11-9-20)34(30,31)27-14-4-6-19(17-27)24(29)25-13-12-23(28)26-16-18-5-3-7-21(15-18)33-2/h3,5,7-11,15,19H,4,6,12-14,16-17H2,1-2H3,(H,25,29)(H,26,28). The number of piperidine rings is 1. The van der Waals surface area contributed by atoms with E-state index in [1.807, 2.05) is 24.3 Å². The van der Waals surface area contributed by atoms with Crippen LogP contribution in [0, 0.1) is 5.92 Å². The third kappa shape index (κ3) is 6.71. The summed E-state index contributed by atoms with van der Waals surface area (Å²) in [5, 5.41) is 5.58. The van der Waals surface area contributed by atoms with Crippen molar-refractivity contribution in [1.82, 2.24) is 14.9 Å². The number of benzene rings is 2. The highest BCUT2D eigenvalue weighted by Gasteiger charge is 2.33. The number of carbonyl (C=O) groups is 2. The Hall–Kier alpha value is -3.11. The van der Waals surface area contributed by atoms with Gasteiger partial charge in [0.1, 0.15) is 11.5 Å². The first kappa shape index (κ1) is 25.5. The van der Waals surface area contributed by atoms with Gasteiger partial charge in [-0.25, -0.2) is 8.42 Å². The number of ether oxygens (including phenoxy) is 2. The summed E-state index contributed by atoms with van der Waals surface area (Å²) in [6.07, 6.45) is 1.33. The van der Waals surface area contributed by atoms with Gasteiger partial charge >= 0.3 is 0 Å². The molecule has 1 heterocycles. The van der Waals surface area contributed by atoms with Crippen molar-refractivity contribution in [3.8, 4) is 11.5 Å². The Labute approximate surface area is 200 Å². The number of carbonyl (C=O) groups excluding carboxylic acids is 2. The zero-order valence-electron chi connectivity index (χ0n) is 19.5. The molecular weight excluding hydrogens is 458 g/mol. The fourth-order valence-electron chi connectivity index (χ4n) is 3.79. The largest absolute Gasteiger partial charge is 0.497 e. The van der Waals surface area contributed by atoms with Crippen molar-refractivity contribution in [3.63, 3.8) is 0 Å². The summed E-state index contributed by atoms with van der Waals surface area (Å²) in [5.74, 6) is 0.407. The molecule has 0 aliphatic carbocycles. The number of amides is 2. The van der Waals surface area contributed by atoms with E-state index in [4.69, 9.17) is 9.47 Å². The first-order chi connectivity index (χ1) is 16.3. The van der Waals surface area contributed by atoms with Crippen LogP contribution in [0.3, 0.4) is 0 Å². The Morgan fingerprint density at radius 3 is 2.47 bits per heavy atom. The van der Waals surface area contributed by atoms with E-state index in [9.17, 15) is 18.0 Å². The Morgan fingerprint density at radius 1 is 1.03 bits per heavy atom. The van der Waals surface area contributed by atoms with Gasteiger partial charge in [-0.05, 0) is 54.8 Å². The van der Waals surface area contributed by atoms with Crippen LogP contribution in [0.2, 0.25) is 0 Å². The van der Waals surface area contributed by atoms with Gasteiger partial charge in [0.15, 0.2) is 0 Å². The summed E-state index contributed by atoms with van der Waals surface area (Å²) in [5.41, 5.74) is 0.914. The van der Waals surface area contributed by atoms with Crippen molar-refractivity contribution < 1.29 is 27.5 Å². The van der Waals surface area contributed by atoms with E-state index >= 15 is 0 Å². The highest BCUT2D eigenvalue weighted by Crippen LogP contribution is 2.25. The predicted molar refractivity (Wildman–Crippen MR) is 127 cm³/mol. The lowest BCUT2D eigenvalue weighted by Gasteiger charge is -2.31. The van der Waals surface area contributed by atoms with E-state index in [1.165, 1.54) is 23.5 Å². The van der Waals surface area contributed by atoms with Gasteiger partial charge in [-0.1, -0.05) is 12.1 Å². The molecule has 1 aliphatic rings. The second kappa shape index (κ2) is 11.8. The molecule has 2 aromatic rings. The number of rotatable bonds is 10. The molecule has 2 N–H and O–H groups in total. The Balaban J connectivity index is 1.45. The zero-order chi connectivity index (χ0) is 24.6. The van der Waals surface area contributed by atoms with E-state index < -0.39 is 15.9 Å². The molecule has 1 atom stereocenters. The number of sulfonamides is 1. The van der Waals surface area contributed by atoms with E-state index in [1.54, 1.807) is 19.2 Å². The Kier molecular flexibility index (Phi) is 8.89. The topological polar surface area (TPSA) is 114 Å². The molecule has 0 radical (unpaired) electrons. The monoisotopic (exact) mass is 489 g/mol. The summed E-state index contributed by atoms with van der Waals surface area (Å²) < 4.78 is 37.6. The first-order valence-electron chi connectivity index (χ1n) is 11.1. The molecule has 1 fully saturated rings. The lowest BCUT2D eigenvalue weighted by molar-refractivity contribution is -0.126. The minimum Gasteiger partial charge on any atom is -0.497 e. The maximum absolute atomic E-state index is 13.0. The van der Waals surface area contributed by atoms with Crippen molar-refractivity contribution in [2.45, 2.75) is 30.7 Å². The van der Waals surface area contributed by atoms with Gasteiger partial charge in [0.2, 0.25) is 21.8 Å². The smallest absolute Gasteiger partial charge is 0.243 e. The van der Waals surface area contributed by atoms with Crippen molar-refractivity contribution in [1.29, 1.82) is 0 Å². The molecular formula is C24H31N3O6S. The highest BCUT2D eigenvalue weighted by molar-refractivity contribution is 7.89. The summed E-state index contributed by atoms with van der Waals surface area (Å²) in [6.45, 7) is 1.03. The molecule has 3 rings (SSSR count). The van der Waals surface area contributed by atoms with Crippen molar-refractivity contribution in [2.75, 3.05) is 33.9 Å². The van der Waals surface area contributed by atoms with Crippen LogP contribution in [-0.4, -0.2) is 58.4 Å². The van der Waals surface area contributed by atoms with Crippen LogP contribution in [0.25, 0.3) is 0 Å². The normalized spacial score (nSPS) is 16.5. The molecule has 184 valence electrons. The molecule has 0 saturated carbocycles. The molecule has 34 heavy (non-hydrogen) atoms. The van der Waals surface area contributed by atoms with Crippen molar-refractivity contribution >= 4 is 21.8 Å². The molecule has 1 saturated heterocycles.